The topological polar surface area (TPSA) is 91.0 Å². The number of benzene rings is 1. The second kappa shape index (κ2) is 9.28. The molecule has 4 amide bonds. The van der Waals surface area contributed by atoms with Gasteiger partial charge in [0, 0.05) is 36.9 Å². The van der Waals surface area contributed by atoms with Crippen molar-refractivity contribution in [2.75, 3.05) is 38.1 Å². The average Bonchev–Trinajstić information content (AvgIpc) is 2.63. The summed E-state index contributed by atoms with van der Waals surface area (Å²) >= 11 is 5.80. The highest BCUT2D eigenvalue weighted by Gasteiger charge is 2.28. The van der Waals surface area contributed by atoms with Gasteiger partial charge in [-0.15, -0.1) is 0 Å². The van der Waals surface area contributed by atoms with Crippen molar-refractivity contribution < 1.29 is 19.1 Å². The Bertz CT molecular complexity index is 645. The summed E-state index contributed by atoms with van der Waals surface area (Å²) in [7, 11) is 0. The number of carbonyl (C=O) groups is 3. The molecule has 0 spiro atoms. The number of nitrogens with one attached hydrogen (secondary N) is 2. The van der Waals surface area contributed by atoms with Crippen LogP contribution in [0.1, 0.15) is 13.8 Å². The third-order valence-corrected chi connectivity index (χ3v) is 4.19. The molecule has 0 unspecified atom stereocenters. The summed E-state index contributed by atoms with van der Waals surface area (Å²) in [6, 6.07) is 5.50. The van der Waals surface area contributed by atoms with Gasteiger partial charge in [0.05, 0.1) is 6.61 Å². The molecule has 0 bridgehead atoms. The number of piperazine rings is 1. The summed E-state index contributed by atoms with van der Waals surface area (Å²) in [6.45, 7) is 5.33. The number of halogens is 1. The summed E-state index contributed by atoms with van der Waals surface area (Å²) in [5, 5.41) is 5.83. The molecule has 8 nitrogen and oxygen atoms in total. The van der Waals surface area contributed by atoms with Crippen LogP contribution < -0.4 is 10.6 Å². The molecule has 0 aromatic heterocycles. The van der Waals surface area contributed by atoms with Crippen molar-refractivity contribution in [3.05, 3.63) is 29.3 Å². The van der Waals surface area contributed by atoms with Gasteiger partial charge < -0.3 is 25.2 Å². The summed E-state index contributed by atoms with van der Waals surface area (Å²) in [5.41, 5.74) is 0.578. The van der Waals surface area contributed by atoms with Crippen molar-refractivity contribution in [2.45, 2.75) is 19.9 Å². The maximum absolute atomic E-state index is 12.5. The molecular formula is C17H23ClN4O4. The SMILES string of the molecule is CCOC(=O)N1CCN(C(=O)[C@H](C)NC(=O)Nc2ccc(Cl)cc2)CC1. The number of ether oxygens (including phenoxy) is 1. The van der Waals surface area contributed by atoms with Crippen LogP contribution in [0.4, 0.5) is 15.3 Å². The van der Waals surface area contributed by atoms with E-state index in [0.29, 0.717) is 43.5 Å². The maximum Gasteiger partial charge on any atom is 0.409 e. The summed E-state index contributed by atoms with van der Waals surface area (Å²) in [6.07, 6.45) is -0.367. The van der Waals surface area contributed by atoms with Gasteiger partial charge in [0.15, 0.2) is 0 Å². The van der Waals surface area contributed by atoms with Gasteiger partial charge in [-0.1, -0.05) is 11.6 Å². The Morgan fingerprint density at radius 2 is 1.69 bits per heavy atom. The van der Waals surface area contributed by atoms with Crippen LogP contribution in [0.3, 0.4) is 0 Å². The average molecular weight is 383 g/mol. The minimum atomic E-state index is -0.684. The van der Waals surface area contributed by atoms with Gasteiger partial charge in [-0.05, 0) is 38.1 Å². The van der Waals surface area contributed by atoms with E-state index in [2.05, 4.69) is 10.6 Å². The number of nitrogens with zero attached hydrogens (tertiary/aromatic N) is 2. The fraction of sp³-hybridized carbons (Fsp3) is 0.471. The van der Waals surface area contributed by atoms with E-state index in [1.165, 1.54) is 0 Å². The van der Waals surface area contributed by atoms with Crippen molar-refractivity contribution in [2.24, 2.45) is 0 Å². The number of anilines is 1. The Morgan fingerprint density at radius 1 is 1.12 bits per heavy atom. The van der Waals surface area contributed by atoms with Crippen molar-refractivity contribution in [3.63, 3.8) is 0 Å². The third kappa shape index (κ3) is 5.52. The van der Waals surface area contributed by atoms with Gasteiger partial charge in [0.25, 0.3) is 0 Å². The lowest BCUT2D eigenvalue weighted by Crippen LogP contribution is -2.55. The van der Waals surface area contributed by atoms with Crippen LogP contribution in [-0.4, -0.2) is 66.7 Å². The standard InChI is InChI=1S/C17H23ClN4O4/c1-3-26-17(25)22-10-8-21(9-11-22)15(23)12(2)19-16(24)20-14-6-4-13(18)5-7-14/h4-7,12H,3,8-11H2,1-2H3,(H2,19,20,24)/t12-/m0/s1. The maximum atomic E-state index is 12.5. The molecule has 1 aromatic rings. The monoisotopic (exact) mass is 382 g/mol. The first-order chi connectivity index (χ1) is 12.4. The second-order valence-corrected chi connectivity index (χ2v) is 6.27. The van der Waals surface area contributed by atoms with Crippen LogP contribution in [-0.2, 0) is 9.53 Å². The number of amides is 4. The van der Waals surface area contributed by atoms with Crippen LogP contribution in [0.5, 0.6) is 0 Å². The van der Waals surface area contributed by atoms with Crippen molar-refractivity contribution in [3.8, 4) is 0 Å². The first-order valence-corrected chi connectivity index (χ1v) is 8.82. The van der Waals surface area contributed by atoms with E-state index < -0.39 is 12.1 Å². The zero-order chi connectivity index (χ0) is 19.1. The van der Waals surface area contributed by atoms with Gasteiger partial charge >= 0.3 is 12.1 Å². The Hall–Kier alpha value is -2.48. The number of carbonyl (C=O) groups excluding carboxylic acids is 3. The predicted molar refractivity (Wildman–Crippen MR) is 98.2 cm³/mol. The highest BCUT2D eigenvalue weighted by Crippen LogP contribution is 2.13. The van der Waals surface area contributed by atoms with E-state index in [1.54, 1.807) is 47.9 Å². The van der Waals surface area contributed by atoms with Gasteiger partial charge in [-0.25, -0.2) is 9.59 Å². The molecular weight excluding hydrogens is 360 g/mol. The summed E-state index contributed by atoms with van der Waals surface area (Å²) < 4.78 is 4.95. The third-order valence-electron chi connectivity index (χ3n) is 3.94. The lowest BCUT2D eigenvalue weighted by atomic mass is 10.2. The fourth-order valence-corrected chi connectivity index (χ4v) is 2.68. The molecule has 1 fully saturated rings. The largest absolute Gasteiger partial charge is 0.450 e. The Labute approximate surface area is 157 Å². The molecule has 1 atom stereocenters. The van der Waals surface area contributed by atoms with Crippen LogP contribution >= 0.6 is 11.6 Å². The van der Waals surface area contributed by atoms with Crippen molar-refractivity contribution >= 4 is 35.3 Å². The number of hydrogen-bond donors (Lipinski definition) is 2. The highest BCUT2D eigenvalue weighted by atomic mass is 35.5. The van der Waals surface area contributed by atoms with Crippen molar-refractivity contribution in [1.29, 1.82) is 0 Å². The van der Waals surface area contributed by atoms with E-state index >= 15 is 0 Å². The molecule has 1 aromatic carbocycles. The van der Waals surface area contributed by atoms with E-state index in [0.717, 1.165) is 0 Å². The number of hydrogen-bond acceptors (Lipinski definition) is 4. The van der Waals surface area contributed by atoms with Gasteiger partial charge in [-0.3, -0.25) is 4.79 Å². The minimum absolute atomic E-state index is 0.195. The molecule has 0 saturated carbocycles. The van der Waals surface area contributed by atoms with Gasteiger partial charge in [0.2, 0.25) is 5.91 Å². The fourth-order valence-electron chi connectivity index (χ4n) is 2.56. The zero-order valence-corrected chi connectivity index (χ0v) is 15.6. The highest BCUT2D eigenvalue weighted by molar-refractivity contribution is 6.30. The molecule has 1 heterocycles. The molecule has 2 rings (SSSR count). The smallest absolute Gasteiger partial charge is 0.409 e. The Kier molecular flexibility index (Phi) is 7.08. The lowest BCUT2D eigenvalue weighted by Gasteiger charge is -2.35. The van der Waals surface area contributed by atoms with Crippen LogP contribution in [0, 0.1) is 0 Å². The minimum Gasteiger partial charge on any atom is -0.450 e. The van der Waals surface area contributed by atoms with E-state index in [-0.39, 0.29) is 12.0 Å². The Morgan fingerprint density at radius 3 is 2.27 bits per heavy atom. The first kappa shape index (κ1) is 19.8. The van der Waals surface area contributed by atoms with Crippen LogP contribution in [0.2, 0.25) is 5.02 Å². The molecule has 0 aliphatic carbocycles. The zero-order valence-electron chi connectivity index (χ0n) is 14.8. The molecule has 2 N–H and O–H groups in total. The van der Waals surface area contributed by atoms with Crippen LogP contribution in [0.15, 0.2) is 24.3 Å². The predicted octanol–water partition coefficient (Wildman–Crippen LogP) is 2.15. The number of urea groups is 1. The van der Waals surface area contributed by atoms with Gasteiger partial charge in [-0.2, -0.15) is 0 Å². The van der Waals surface area contributed by atoms with E-state index in [9.17, 15) is 14.4 Å². The van der Waals surface area contributed by atoms with Gasteiger partial charge in [0.1, 0.15) is 6.04 Å². The molecule has 1 saturated heterocycles. The quantitative estimate of drug-likeness (QED) is 0.834. The molecule has 9 heteroatoms. The normalized spacial score (nSPS) is 15.2. The van der Waals surface area contributed by atoms with E-state index in [4.69, 9.17) is 16.3 Å². The Balaban J connectivity index is 1.79. The molecule has 0 radical (unpaired) electrons. The van der Waals surface area contributed by atoms with E-state index in [1.807, 2.05) is 0 Å². The summed E-state index contributed by atoms with van der Waals surface area (Å²) in [5.74, 6) is -0.195. The molecule has 26 heavy (non-hydrogen) atoms. The summed E-state index contributed by atoms with van der Waals surface area (Å²) in [4.78, 5) is 39.3. The second-order valence-electron chi connectivity index (χ2n) is 5.84. The molecule has 142 valence electrons. The number of rotatable bonds is 4. The molecule has 1 aliphatic rings. The van der Waals surface area contributed by atoms with Crippen molar-refractivity contribution in [1.82, 2.24) is 15.1 Å². The first-order valence-electron chi connectivity index (χ1n) is 8.44. The molecule has 1 aliphatic heterocycles. The lowest BCUT2D eigenvalue weighted by molar-refractivity contribution is -0.134. The van der Waals surface area contributed by atoms with Crippen LogP contribution in [0.25, 0.3) is 0 Å².